The number of aromatic amines is 1. The van der Waals surface area contributed by atoms with Crippen molar-refractivity contribution in [2.24, 2.45) is 0 Å². The Bertz CT molecular complexity index is 689. The van der Waals surface area contributed by atoms with Crippen LogP contribution in [-0.4, -0.2) is 41.2 Å². The van der Waals surface area contributed by atoms with E-state index in [1.165, 1.54) is 16.8 Å². The van der Waals surface area contributed by atoms with Gasteiger partial charge in [0, 0.05) is 24.4 Å². The molecule has 0 spiro atoms. The average molecular weight is 281 g/mol. The number of rotatable bonds is 2. The molecule has 1 saturated heterocycles. The van der Waals surface area contributed by atoms with Crippen LogP contribution in [0.5, 0.6) is 0 Å². The quantitative estimate of drug-likeness (QED) is 0.920. The molecule has 0 saturated carbocycles. The Morgan fingerprint density at radius 2 is 1.95 bits per heavy atom. The molecule has 4 heteroatoms. The Kier molecular flexibility index (Phi) is 3.04. The van der Waals surface area contributed by atoms with Crippen molar-refractivity contribution in [3.05, 3.63) is 47.9 Å². The third-order valence-electron chi connectivity index (χ3n) is 4.32. The minimum Gasteiger partial charge on any atom is -0.378 e. The third-order valence-corrected chi connectivity index (χ3v) is 4.32. The molecule has 0 unspecified atom stereocenters. The molecular formula is C17H19N3O. The summed E-state index contributed by atoms with van der Waals surface area (Å²) in [6.45, 7) is 7.80. The van der Waals surface area contributed by atoms with Gasteiger partial charge in [-0.3, -0.25) is 0 Å². The molecule has 4 rings (SSSR count). The van der Waals surface area contributed by atoms with E-state index >= 15 is 0 Å². The van der Waals surface area contributed by atoms with E-state index in [0.717, 1.165) is 56.0 Å². The van der Waals surface area contributed by atoms with E-state index in [0.29, 0.717) is 0 Å². The van der Waals surface area contributed by atoms with Gasteiger partial charge in [0.25, 0.3) is 0 Å². The molecule has 2 heterocycles. The highest BCUT2D eigenvalue weighted by molar-refractivity contribution is 5.85. The van der Waals surface area contributed by atoms with Crippen molar-refractivity contribution in [3.8, 4) is 0 Å². The van der Waals surface area contributed by atoms with Crippen LogP contribution in [0.15, 0.2) is 42.1 Å². The Labute approximate surface area is 124 Å². The van der Waals surface area contributed by atoms with Gasteiger partial charge in [0.1, 0.15) is 5.82 Å². The molecule has 1 fully saturated rings. The van der Waals surface area contributed by atoms with E-state index in [2.05, 4.69) is 22.5 Å². The predicted octanol–water partition coefficient (Wildman–Crippen LogP) is 2.96. The molecule has 1 aromatic carbocycles. The number of para-hydroxylation sites is 2. The molecule has 4 nitrogen and oxygen atoms in total. The van der Waals surface area contributed by atoms with Crippen molar-refractivity contribution >= 4 is 16.6 Å². The highest BCUT2D eigenvalue weighted by Gasteiger charge is 2.27. The van der Waals surface area contributed by atoms with Crippen LogP contribution in [-0.2, 0) is 4.74 Å². The second-order valence-corrected chi connectivity index (χ2v) is 5.63. The lowest BCUT2D eigenvalue weighted by Gasteiger charge is -2.30. The number of hydrogen-bond acceptors (Lipinski definition) is 3. The van der Waals surface area contributed by atoms with Gasteiger partial charge in [0.05, 0.1) is 24.2 Å². The smallest absolute Gasteiger partial charge is 0.140 e. The van der Waals surface area contributed by atoms with Crippen LogP contribution in [0.25, 0.3) is 16.6 Å². The van der Waals surface area contributed by atoms with Gasteiger partial charge >= 0.3 is 0 Å². The van der Waals surface area contributed by atoms with Crippen LogP contribution < -0.4 is 0 Å². The number of benzene rings is 1. The second kappa shape index (κ2) is 5.04. The zero-order chi connectivity index (χ0) is 14.2. The fourth-order valence-corrected chi connectivity index (χ4v) is 3.25. The first-order valence-electron chi connectivity index (χ1n) is 7.52. The number of nitrogens with one attached hydrogen (secondary N) is 1. The number of hydrogen-bond donors (Lipinski definition) is 1. The second-order valence-electron chi connectivity index (χ2n) is 5.63. The highest BCUT2D eigenvalue weighted by Crippen LogP contribution is 2.38. The molecule has 1 aliphatic carbocycles. The van der Waals surface area contributed by atoms with Crippen LogP contribution in [0.1, 0.15) is 18.7 Å². The van der Waals surface area contributed by atoms with Crippen molar-refractivity contribution in [1.82, 2.24) is 14.9 Å². The van der Waals surface area contributed by atoms with Crippen LogP contribution in [0, 0.1) is 0 Å². The minimum absolute atomic E-state index is 0.809. The van der Waals surface area contributed by atoms with Crippen LogP contribution in [0.3, 0.4) is 0 Å². The lowest BCUT2D eigenvalue weighted by Crippen LogP contribution is -2.35. The van der Waals surface area contributed by atoms with Crippen molar-refractivity contribution in [2.45, 2.75) is 12.8 Å². The monoisotopic (exact) mass is 281 g/mol. The number of morpholine rings is 1. The van der Waals surface area contributed by atoms with Crippen molar-refractivity contribution in [2.75, 3.05) is 26.3 Å². The summed E-state index contributed by atoms with van der Waals surface area (Å²) in [6, 6.07) is 8.17. The van der Waals surface area contributed by atoms with E-state index in [4.69, 9.17) is 9.72 Å². The first-order valence-corrected chi connectivity index (χ1v) is 7.52. The summed E-state index contributed by atoms with van der Waals surface area (Å²) in [6.07, 6.45) is 2.09. The van der Waals surface area contributed by atoms with Crippen molar-refractivity contribution < 1.29 is 4.74 Å². The van der Waals surface area contributed by atoms with E-state index < -0.39 is 0 Å². The first kappa shape index (κ1) is 12.7. The standard InChI is InChI=1S/C17H19N3O/c1-12-6-7-15(20-8-10-21-11-9-20)16(12)17-18-13-4-2-3-5-14(13)19-17/h2-5H,1,6-11H2,(H,18,19). The third kappa shape index (κ3) is 2.16. The molecule has 2 aliphatic rings. The van der Waals surface area contributed by atoms with Crippen LogP contribution in [0.4, 0.5) is 0 Å². The van der Waals surface area contributed by atoms with Gasteiger partial charge < -0.3 is 14.6 Å². The Morgan fingerprint density at radius 3 is 2.76 bits per heavy atom. The van der Waals surface area contributed by atoms with Crippen LogP contribution in [0.2, 0.25) is 0 Å². The number of allylic oxidation sites excluding steroid dienone is 3. The van der Waals surface area contributed by atoms with Gasteiger partial charge in [-0.2, -0.15) is 0 Å². The largest absolute Gasteiger partial charge is 0.378 e. The highest BCUT2D eigenvalue weighted by atomic mass is 16.5. The van der Waals surface area contributed by atoms with E-state index in [1.807, 2.05) is 18.2 Å². The Morgan fingerprint density at radius 1 is 1.14 bits per heavy atom. The molecule has 21 heavy (non-hydrogen) atoms. The topological polar surface area (TPSA) is 41.1 Å². The number of nitrogens with zero attached hydrogens (tertiary/aromatic N) is 2. The number of fused-ring (bicyclic) bond motifs is 1. The zero-order valence-corrected chi connectivity index (χ0v) is 12.1. The molecule has 0 atom stereocenters. The van der Waals surface area contributed by atoms with Gasteiger partial charge in [-0.25, -0.2) is 4.98 Å². The maximum Gasteiger partial charge on any atom is 0.140 e. The summed E-state index contributed by atoms with van der Waals surface area (Å²) in [5, 5.41) is 0. The maximum absolute atomic E-state index is 5.46. The summed E-state index contributed by atoms with van der Waals surface area (Å²) in [4.78, 5) is 10.6. The molecule has 1 aromatic heterocycles. The molecule has 1 aliphatic heterocycles. The fourth-order valence-electron chi connectivity index (χ4n) is 3.25. The first-order chi connectivity index (χ1) is 10.3. The Hall–Kier alpha value is -2.07. The minimum atomic E-state index is 0.809. The van der Waals surface area contributed by atoms with E-state index in [-0.39, 0.29) is 0 Å². The summed E-state index contributed by atoms with van der Waals surface area (Å²) < 4.78 is 5.46. The molecule has 0 radical (unpaired) electrons. The van der Waals surface area contributed by atoms with Crippen molar-refractivity contribution in [3.63, 3.8) is 0 Å². The average Bonchev–Trinajstić information content (AvgIpc) is 3.11. The SMILES string of the molecule is C=C1CCC(N2CCOCC2)=C1c1nc2ccccc2[nH]1. The normalized spacial score (nSPS) is 19.8. The van der Waals surface area contributed by atoms with Crippen LogP contribution >= 0.6 is 0 Å². The predicted molar refractivity (Wildman–Crippen MR) is 83.8 cm³/mol. The lowest BCUT2D eigenvalue weighted by molar-refractivity contribution is 0.0529. The molecule has 2 aromatic rings. The van der Waals surface area contributed by atoms with Gasteiger partial charge in [0.15, 0.2) is 0 Å². The molecular weight excluding hydrogens is 262 g/mol. The number of aromatic nitrogens is 2. The summed E-state index contributed by atoms with van der Waals surface area (Å²) >= 11 is 0. The zero-order valence-electron chi connectivity index (χ0n) is 12.1. The Balaban J connectivity index is 1.80. The molecule has 1 N–H and O–H groups in total. The maximum atomic E-state index is 5.46. The number of H-pyrrole nitrogens is 1. The fraction of sp³-hybridized carbons (Fsp3) is 0.353. The van der Waals surface area contributed by atoms with Gasteiger partial charge in [-0.15, -0.1) is 0 Å². The van der Waals surface area contributed by atoms with Crippen molar-refractivity contribution in [1.29, 1.82) is 0 Å². The lowest BCUT2D eigenvalue weighted by atomic mass is 10.1. The number of ether oxygens (including phenoxy) is 1. The molecule has 0 bridgehead atoms. The molecule has 108 valence electrons. The summed E-state index contributed by atoms with van der Waals surface area (Å²) in [5.74, 6) is 0.959. The summed E-state index contributed by atoms with van der Waals surface area (Å²) in [5.41, 5.74) is 5.88. The van der Waals surface area contributed by atoms with E-state index in [1.54, 1.807) is 0 Å². The number of imidazole rings is 1. The summed E-state index contributed by atoms with van der Waals surface area (Å²) in [7, 11) is 0. The van der Waals surface area contributed by atoms with Gasteiger partial charge in [0.2, 0.25) is 0 Å². The van der Waals surface area contributed by atoms with Gasteiger partial charge in [-0.1, -0.05) is 18.7 Å². The van der Waals surface area contributed by atoms with E-state index in [9.17, 15) is 0 Å². The molecule has 0 amide bonds. The van der Waals surface area contributed by atoms with Gasteiger partial charge in [-0.05, 0) is 30.5 Å².